The molecule has 10 nitrogen and oxygen atoms in total. The van der Waals surface area contributed by atoms with Crippen LogP contribution in [0, 0.1) is 0 Å². The molecule has 0 spiro atoms. The van der Waals surface area contributed by atoms with Crippen LogP contribution >= 0.6 is 0 Å². The first kappa shape index (κ1) is 26.9. The summed E-state index contributed by atoms with van der Waals surface area (Å²) in [6.45, 7) is 9.53. The lowest BCUT2D eigenvalue weighted by atomic mass is 9.57. The second-order valence-corrected chi connectivity index (χ2v) is 13.7. The van der Waals surface area contributed by atoms with Crippen molar-refractivity contribution in [3.05, 3.63) is 24.3 Å². The second-order valence-electron chi connectivity index (χ2n) is 13.7. The van der Waals surface area contributed by atoms with Crippen LogP contribution in [0.25, 0.3) is 0 Å². The summed E-state index contributed by atoms with van der Waals surface area (Å²) in [5.74, 6) is -0.867. The molecule has 1 aromatic rings. The van der Waals surface area contributed by atoms with E-state index in [2.05, 4.69) is 13.8 Å². The molecule has 0 bridgehead atoms. The van der Waals surface area contributed by atoms with Crippen LogP contribution in [0.5, 0.6) is 11.5 Å². The topological polar surface area (TPSA) is 92.3 Å². The molecule has 9 rings (SSSR count). The van der Waals surface area contributed by atoms with Gasteiger partial charge in [0.15, 0.2) is 22.7 Å². The molecular formula is C32H42O10. The van der Waals surface area contributed by atoms with Gasteiger partial charge in [0.1, 0.15) is 11.2 Å². The molecule has 0 saturated carbocycles. The Labute approximate surface area is 246 Å². The van der Waals surface area contributed by atoms with Gasteiger partial charge in [-0.15, -0.1) is 0 Å². The van der Waals surface area contributed by atoms with Crippen LogP contribution in [-0.2, 0) is 37.9 Å². The van der Waals surface area contributed by atoms with E-state index in [9.17, 15) is 0 Å². The molecule has 1 aromatic carbocycles. The highest BCUT2D eigenvalue weighted by Crippen LogP contribution is 2.66. The van der Waals surface area contributed by atoms with Crippen molar-refractivity contribution >= 4 is 0 Å². The third-order valence-electron chi connectivity index (χ3n) is 12.4. The Morgan fingerprint density at radius 1 is 0.429 bits per heavy atom. The van der Waals surface area contributed by atoms with Crippen molar-refractivity contribution in [3.63, 3.8) is 0 Å². The average Bonchev–Trinajstić information content (AvgIpc) is 2.79. The van der Waals surface area contributed by atoms with Crippen LogP contribution in [0.15, 0.2) is 24.3 Å². The van der Waals surface area contributed by atoms with Crippen LogP contribution in [0.1, 0.15) is 65.2 Å². The van der Waals surface area contributed by atoms with E-state index in [1.807, 2.05) is 24.3 Å². The zero-order valence-electron chi connectivity index (χ0n) is 24.7. The summed E-state index contributed by atoms with van der Waals surface area (Å²) in [5.41, 5.74) is -3.68. The van der Waals surface area contributed by atoms with E-state index < -0.39 is 45.2 Å². The molecule has 8 atom stereocenters. The zero-order valence-corrected chi connectivity index (χ0v) is 24.7. The summed E-state index contributed by atoms with van der Waals surface area (Å²) in [4.78, 5) is 0. The Balaban J connectivity index is 1.06. The van der Waals surface area contributed by atoms with Gasteiger partial charge in [-0.2, -0.15) is 0 Å². The lowest BCUT2D eigenvalue weighted by Crippen LogP contribution is -2.88. The van der Waals surface area contributed by atoms with Gasteiger partial charge in [-0.05, 0) is 26.0 Å². The van der Waals surface area contributed by atoms with Crippen molar-refractivity contribution < 1.29 is 47.4 Å². The first-order chi connectivity index (χ1) is 20.3. The fourth-order valence-electron chi connectivity index (χ4n) is 9.37. The quantitative estimate of drug-likeness (QED) is 0.404. The molecule has 8 heterocycles. The molecule has 0 amide bonds. The van der Waals surface area contributed by atoms with Crippen LogP contribution in [0.2, 0.25) is 0 Å². The third kappa shape index (κ3) is 2.86. The largest absolute Gasteiger partial charge is 0.455 e. The molecule has 0 radical (unpaired) electrons. The highest BCUT2D eigenvalue weighted by molar-refractivity contribution is 5.42. The first-order valence-corrected chi connectivity index (χ1v) is 15.9. The number of rotatable bonds is 10. The second kappa shape index (κ2) is 8.60. The summed E-state index contributed by atoms with van der Waals surface area (Å²) in [6, 6.07) is 7.79. The predicted octanol–water partition coefficient (Wildman–Crippen LogP) is 3.67. The van der Waals surface area contributed by atoms with Gasteiger partial charge in [-0.3, -0.25) is 0 Å². The fraction of sp³-hybridized carbons (Fsp3) is 0.812. The summed E-state index contributed by atoms with van der Waals surface area (Å²) in [6.07, 6.45) is 6.44. The minimum Gasteiger partial charge on any atom is -0.455 e. The molecule has 8 aliphatic heterocycles. The smallest absolute Gasteiger partial charge is 0.245 e. The zero-order chi connectivity index (χ0) is 28.4. The lowest BCUT2D eigenvalue weighted by molar-refractivity contribution is -0.476. The molecule has 8 saturated heterocycles. The number of hydrogen-bond donors (Lipinski definition) is 0. The Bertz CT molecular complexity index is 1130. The summed E-state index contributed by atoms with van der Waals surface area (Å²) < 4.78 is 65.1. The van der Waals surface area contributed by atoms with Gasteiger partial charge >= 0.3 is 0 Å². The van der Waals surface area contributed by atoms with Crippen molar-refractivity contribution in [2.45, 2.75) is 110 Å². The van der Waals surface area contributed by atoms with Gasteiger partial charge < -0.3 is 47.4 Å². The maximum Gasteiger partial charge on any atom is 0.245 e. The highest BCUT2D eigenvalue weighted by Gasteiger charge is 2.82. The minimum absolute atomic E-state index is 0.439. The number of benzene rings is 1. The third-order valence-corrected chi connectivity index (χ3v) is 12.4. The van der Waals surface area contributed by atoms with E-state index in [1.54, 1.807) is 0 Å². The molecular weight excluding hydrogens is 544 g/mol. The molecule has 8 unspecified atom stereocenters. The molecule has 8 fully saturated rings. The first-order valence-electron chi connectivity index (χ1n) is 15.9. The van der Waals surface area contributed by atoms with Crippen LogP contribution in [0.4, 0.5) is 0 Å². The molecule has 0 N–H and O–H groups in total. The Hall–Kier alpha value is -1.50. The molecule has 42 heavy (non-hydrogen) atoms. The summed E-state index contributed by atoms with van der Waals surface area (Å²) in [7, 11) is 0. The predicted molar refractivity (Wildman–Crippen MR) is 145 cm³/mol. The molecule has 230 valence electrons. The van der Waals surface area contributed by atoms with Gasteiger partial charge in [0.05, 0.1) is 64.1 Å². The van der Waals surface area contributed by atoms with Crippen molar-refractivity contribution in [2.75, 3.05) is 52.9 Å². The molecule has 10 heteroatoms. The van der Waals surface area contributed by atoms with Crippen molar-refractivity contribution in [2.24, 2.45) is 0 Å². The van der Waals surface area contributed by atoms with E-state index in [4.69, 9.17) is 47.4 Å². The van der Waals surface area contributed by atoms with E-state index >= 15 is 0 Å². The summed E-state index contributed by atoms with van der Waals surface area (Å²) >= 11 is 0. The molecule has 8 aliphatic rings. The number of para-hydroxylation sites is 2. The normalized spacial score (nSPS) is 52.4. The van der Waals surface area contributed by atoms with Gasteiger partial charge in [0.2, 0.25) is 11.6 Å². The average molecular weight is 587 g/mol. The number of hydrogen-bond acceptors (Lipinski definition) is 10. The maximum atomic E-state index is 6.97. The Kier molecular flexibility index (Phi) is 5.50. The van der Waals surface area contributed by atoms with Gasteiger partial charge in [0, 0.05) is 51.4 Å². The highest BCUT2D eigenvalue weighted by atomic mass is 16.8. The van der Waals surface area contributed by atoms with Crippen LogP contribution in [0.3, 0.4) is 0 Å². The van der Waals surface area contributed by atoms with E-state index in [0.717, 1.165) is 51.7 Å². The van der Waals surface area contributed by atoms with Crippen molar-refractivity contribution in [1.29, 1.82) is 0 Å². The maximum absolute atomic E-state index is 6.97. The monoisotopic (exact) mass is 586 g/mol. The SMILES string of the molecule is CC1(C2(C3(C4(Oc5ccccc5OC5(C6(C7(C8(C)CCO8)CCO7)CCO6)CCO5)CCO4)CCO3)CCO2)CCO1. The fourth-order valence-corrected chi connectivity index (χ4v) is 9.37. The van der Waals surface area contributed by atoms with Gasteiger partial charge in [0.25, 0.3) is 0 Å². The molecule has 0 aliphatic carbocycles. The van der Waals surface area contributed by atoms with E-state index in [-0.39, 0.29) is 0 Å². The van der Waals surface area contributed by atoms with Crippen molar-refractivity contribution in [1.82, 2.24) is 0 Å². The number of ether oxygens (including phenoxy) is 10. The Morgan fingerprint density at radius 2 is 0.714 bits per heavy atom. The van der Waals surface area contributed by atoms with Crippen LogP contribution < -0.4 is 9.47 Å². The van der Waals surface area contributed by atoms with E-state index in [1.165, 1.54) is 0 Å². The van der Waals surface area contributed by atoms with Gasteiger partial charge in [-0.1, -0.05) is 12.1 Å². The van der Waals surface area contributed by atoms with Crippen molar-refractivity contribution in [3.8, 4) is 11.5 Å². The van der Waals surface area contributed by atoms with E-state index in [0.29, 0.717) is 64.0 Å². The molecule has 0 aromatic heterocycles. The lowest BCUT2D eigenvalue weighted by Gasteiger charge is -2.72. The van der Waals surface area contributed by atoms with Gasteiger partial charge in [-0.25, -0.2) is 0 Å². The standard InChI is InChI=1S/C32H42O10/c1-25(7-15-33-25)27(9-17-35-27)29(11-19-37-29)31(13-21-39-31)41-23-5-3-4-6-24(23)42-32(14-22-40-32)30(12-20-38-30)28(10-18-36-28)26(2)8-16-34-26/h3-6H,7-22H2,1-2H3. The van der Waals surface area contributed by atoms with Crippen LogP contribution in [-0.4, -0.2) is 98.0 Å². The Morgan fingerprint density at radius 3 is 0.905 bits per heavy atom. The minimum atomic E-state index is -1.02. The summed E-state index contributed by atoms with van der Waals surface area (Å²) in [5, 5.41) is 0.